The fourth-order valence-electron chi connectivity index (χ4n) is 3.11. The molecule has 3 rings (SSSR count). The number of aromatic hydroxyl groups is 1. The Bertz CT molecular complexity index is 1100. The Balaban J connectivity index is 0.00000166. The summed E-state index contributed by atoms with van der Waals surface area (Å²) in [5, 5.41) is 23.3. The molecule has 0 bridgehead atoms. The maximum atomic E-state index is 12.2. The van der Waals surface area contributed by atoms with Crippen LogP contribution in [0.4, 0.5) is 17.1 Å². The topological polar surface area (TPSA) is 119 Å². The fourth-order valence-corrected chi connectivity index (χ4v) is 3.11. The Morgan fingerprint density at radius 2 is 1.58 bits per heavy atom. The highest BCUT2D eigenvalue weighted by Crippen LogP contribution is 2.32. The van der Waals surface area contributed by atoms with Crippen LogP contribution in [-0.4, -0.2) is 48.3 Å². The van der Waals surface area contributed by atoms with Crippen molar-refractivity contribution in [2.45, 2.75) is 19.4 Å². The Morgan fingerprint density at radius 3 is 2.19 bits per heavy atom. The van der Waals surface area contributed by atoms with Crippen molar-refractivity contribution in [3.05, 3.63) is 80.1 Å². The number of para-hydroxylation sites is 1. The SMILES string of the molecule is CO.C[C@H](Cc1ccccc1)Nc1c(Nc2cccc(C(=O)N(C)C)c2O)c(=O)c1=O. The molecule has 1 atom stereocenters. The van der Waals surface area contributed by atoms with E-state index in [0.29, 0.717) is 6.42 Å². The highest BCUT2D eigenvalue weighted by Gasteiger charge is 2.24. The van der Waals surface area contributed by atoms with Gasteiger partial charge in [0.25, 0.3) is 16.8 Å². The number of amides is 1. The van der Waals surface area contributed by atoms with Crippen molar-refractivity contribution in [3.63, 3.8) is 0 Å². The first-order valence-corrected chi connectivity index (χ1v) is 9.68. The summed E-state index contributed by atoms with van der Waals surface area (Å²) < 4.78 is 0. The fraction of sp³-hybridized carbons (Fsp3) is 0.261. The lowest BCUT2D eigenvalue weighted by atomic mass is 10.1. The number of hydrogen-bond donors (Lipinski definition) is 4. The summed E-state index contributed by atoms with van der Waals surface area (Å²) in [7, 11) is 4.16. The van der Waals surface area contributed by atoms with Crippen molar-refractivity contribution in [3.8, 4) is 5.75 Å². The Kier molecular flexibility index (Phi) is 7.93. The second-order valence-electron chi connectivity index (χ2n) is 7.17. The van der Waals surface area contributed by atoms with Crippen LogP contribution < -0.4 is 21.5 Å². The van der Waals surface area contributed by atoms with Crippen molar-refractivity contribution < 1.29 is 15.0 Å². The summed E-state index contributed by atoms with van der Waals surface area (Å²) >= 11 is 0. The molecule has 0 aromatic heterocycles. The van der Waals surface area contributed by atoms with Gasteiger partial charge in [-0.2, -0.15) is 0 Å². The van der Waals surface area contributed by atoms with E-state index in [1.165, 1.54) is 17.0 Å². The van der Waals surface area contributed by atoms with Crippen LogP contribution in [0.1, 0.15) is 22.8 Å². The molecule has 4 N–H and O–H groups in total. The van der Waals surface area contributed by atoms with Crippen molar-refractivity contribution >= 4 is 23.0 Å². The van der Waals surface area contributed by atoms with Gasteiger partial charge in [-0.3, -0.25) is 14.4 Å². The standard InChI is InChI=1S/C22H23N3O4.CH4O/c1-13(12-14-8-5-4-6-9-14)23-17-18(21(28)20(17)27)24-16-11-7-10-15(19(16)26)22(29)25(2)3;1-2/h4-11,13,23-24,26H,12H2,1-3H3;2H,1H3/t13-;/m1./s1. The first-order chi connectivity index (χ1) is 14.8. The van der Waals surface area contributed by atoms with Crippen molar-refractivity contribution in [2.75, 3.05) is 31.8 Å². The number of hydrogen-bond acceptors (Lipinski definition) is 7. The van der Waals surface area contributed by atoms with E-state index in [0.717, 1.165) is 12.7 Å². The van der Waals surface area contributed by atoms with Crippen LogP contribution in [0.3, 0.4) is 0 Å². The first kappa shape index (κ1) is 23.6. The summed E-state index contributed by atoms with van der Waals surface area (Å²) in [5.41, 5.74) is 0.389. The molecule has 8 heteroatoms. The summed E-state index contributed by atoms with van der Waals surface area (Å²) in [6.07, 6.45) is 0.678. The van der Waals surface area contributed by atoms with Crippen LogP contribution in [0.5, 0.6) is 5.75 Å². The first-order valence-electron chi connectivity index (χ1n) is 9.68. The number of carbonyl (C=O) groups is 1. The third-order valence-electron chi connectivity index (χ3n) is 4.62. The van der Waals surface area contributed by atoms with Gasteiger partial charge in [-0.15, -0.1) is 0 Å². The predicted octanol–water partition coefficient (Wildman–Crippen LogP) is 2.09. The van der Waals surface area contributed by atoms with Crippen LogP contribution in [-0.2, 0) is 6.42 Å². The molecule has 0 saturated heterocycles. The molecular formula is C23H27N3O5. The summed E-state index contributed by atoms with van der Waals surface area (Å²) in [4.78, 5) is 37.7. The summed E-state index contributed by atoms with van der Waals surface area (Å²) in [6.45, 7) is 1.92. The molecule has 164 valence electrons. The van der Waals surface area contributed by atoms with Gasteiger partial charge in [0.05, 0.1) is 11.3 Å². The zero-order chi connectivity index (χ0) is 23.1. The molecule has 0 spiro atoms. The average molecular weight is 425 g/mol. The molecular weight excluding hydrogens is 398 g/mol. The van der Waals surface area contributed by atoms with Crippen LogP contribution in [0, 0.1) is 0 Å². The maximum Gasteiger partial charge on any atom is 0.257 e. The lowest BCUT2D eigenvalue weighted by Gasteiger charge is -2.20. The predicted molar refractivity (Wildman–Crippen MR) is 122 cm³/mol. The molecule has 0 saturated carbocycles. The van der Waals surface area contributed by atoms with E-state index in [9.17, 15) is 19.5 Å². The third-order valence-corrected chi connectivity index (χ3v) is 4.62. The minimum atomic E-state index is -0.664. The molecule has 0 radical (unpaired) electrons. The molecule has 0 aliphatic carbocycles. The largest absolute Gasteiger partial charge is 0.505 e. The van der Waals surface area contributed by atoms with Gasteiger partial charge in [0.2, 0.25) is 0 Å². The Hall–Kier alpha value is -3.65. The normalized spacial score (nSPS) is 11.3. The van der Waals surface area contributed by atoms with Gasteiger partial charge in [0, 0.05) is 27.2 Å². The summed E-state index contributed by atoms with van der Waals surface area (Å²) in [6, 6.07) is 14.3. The average Bonchev–Trinajstić information content (AvgIpc) is 2.78. The van der Waals surface area contributed by atoms with Gasteiger partial charge < -0.3 is 25.7 Å². The van der Waals surface area contributed by atoms with E-state index in [4.69, 9.17) is 5.11 Å². The zero-order valence-corrected chi connectivity index (χ0v) is 18.0. The molecule has 3 aromatic carbocycles. The quantitative estimate of drug-likeness (QED) is 0.338. The highest BCUT2D eigenvalue weighted by molar-refractivity contribution is 5.99. The van der Waals surface area contributed by atoms with E-state index in [1.54, 1.807) is 20.2 Å². The lowest BCUT2D eigenvalue weighted by molar-refractivity contribution is 0.0824. The van der Waals surface area contributed by atoms with Crippen LogP contribution in [0.15, 0.2) is 58.1 Å². The van der Waals surface area contributed by atoms with Gasteiger partial charge >= 0.3 is 0 Å². The van der Waals surface area contributed by atoms with Gasteiger partial charge in [-0.05, 0) is 31.0 Å². The number of rotatable bonds is 7. The second kappa shape index (κ2) is 10.4. The van der Waals surface area contributed by atoms with Crippen molar-refractivity contribution in [2.24, 2.45) is 0 Å². The monoisotopic (exact) mass is 425 g/mol. The minimum Gasteiger partial charge on any atom is -0.505 e. The molecule has 0 aliphatic heterocycles. The number of phenols is 1. The van der Waals surface area contributed by atoms with E-state index in [1.807, 2.05) is 37.3 Å². The number of aliphatic hydroxyl groups excluding tert-OH is 1. The van der Waals surface area contributed by atoms with E-state index in [-0.39, 0.29) is 40.3 Å². The molecule has 0 heterocycles. The molecule has 31 heavy (non-hydrogen) atoms. The number of nitrogens with zero attached hydrogens (tertiary/aromatic N) is 1. The van der Waals surface area contributed by atoms with Crippen LogP contribution >= 0.6 is 0 Å². The number of aliphatic hydroxyl groups is 1. The Labute approximate surface area is 180 Å². The molecule has 8 nitrogen and oxygen atoms in total. The third kappa shape index (κ3) is 5.29. The maximum absolute atomic E-state index is 12.2. The number of phenolic OH excluding ortho intramolecular Hbond substituents is 1. The van der Waals surface area contributed by atoms with E-state index >= 15 is 0 Å². The number of carbonyl (C=O) groups excluding carboxylic acids is 1. The molecule has 0 unspecified atom stereocenters. The van der Waals surface area contributed by atoms with Crippen LogP contribution in [0.25, 0.3) is 0 Å². The second-order valence-corrected chi connectivity index (χ2v) is 7.17. The van der Waals surface area contributed by atoms with Gasteiger partial charge in [0.15, 0.2) is 5.75 Å². The molecule has 0 aliphatic rings. The summed E-state index contributed by atoms with van der Waals surface area (Å²) in [5.74, 6) is -0.645. The lowest BCUT2D eigenvalue weighted by Crippen LogP contribution is -2.38. The van der Waals surface area contributed by atoms with E-state index < -0.39 is 10.9 Å². The molecule has 1 amide bonds. The number of anilines is 3. The van der Waals surface area contributed by atoms with Crippen molar-refractivity contribution in [1.29, 1.82) is 0 Å². The minimum absolute atomic E-state index is 0.0830. The zero-order valence-electron chi connectivity index (χ0n) is 18.0. The Morgan fingerprint density at radius 1 is 0.968 bits per heavy atom. The van der Waals surface area contributed by atoms with Crippen molar-refractivity contribution in [1.82, 2.24) is 4.90 Å². The number of nitrogens with one attached hydrogen (secondary N) is 2. The highest BCUT2D eigenvalue weighted by atomic mass is 16.3. The molecule has 0 fully saturated rings. The van der Waals surface area contributed by atoms with Gasteiger partial charge in [0.1, 0.15) is 11.4 Å². The van der Waals surface area contributed by atoms with Gasteiger partial charge in [-0.25, -0.2) is 0 Å². The smallest absolute Gasteiger partial charge is 0.257 e. The molecule has 3 aromatic rings. The van der Waals surface area contributed by atoms with E-state index in [2.05, 4.69) is 10.6 Å². The number of benzene rings is 2. The van der Waals surface area contributed by atoms with Gasteiger partial charge in [-0.1, -0.05) is 36.4 Å². The van der Waals surface area contributed by atoms with Crippen LogP contribution in [0.2, 0.25) is 0 Å².